The number of pyridine rings is 1. The zero-order valence-corrected chi connectivity index (χ0v) is 16.9. The zero-order chi connectivity index (χ0) is 21.7. The van der Waals surface area contributed by atoms with Gasteiger partial charge in [0.05, 0.1) is 5.69 Å². The monoisotopic (exact) mass is 393 g/mol. The second-order valence-corrected chi connectivity index (χ2v) is 8.36. The first kappa shape index (κ1) is 15.7. The summed E-state index contributed by atoms with van der Waals surface area (Å²) in [6.45, 7) is 0. The predicted molar refractivity (Wildman–Crippen MR) is 125 cm³/mol. The summed E-state index contributed by atoms with van der Waals surface area (Å²) in [6.07, 6.45) is 5.76. The van der Waals surface area contributed by atoms with Crippen molar-refractivity contribution in [1.29, 1.82) is 0 Å². The first-order valence-corrected chi connectivity index (χ1v) is 10.9. The summed E-state index contributed by atoms with van der Waals surface area (Å²) in [4.78, 5) is 4.62. The molecule has 0 saturated heterocycles. The number of benzene rings is 3. The maximum Gasteiger partial charge on any atom is 0.144 e. The fraction of sp³-hybridized carbons (Fsp3) is 0.250. The van der Waals surface area contributed by atoms with Crippen molar-refractivity contribution in [1.82, 2.24) is 4.98 Å². The molecule has 2 heterocycles. The summed E-state index contributed by atoms with van der Waals surface area (Å²) in [5.41, 5.74) is 4.08. The minimum atomic E-state index is -1.35. The summed E-state index contributed by atoms with van der Waals surface area (Å²) in [7, 11) is 0. The van der Waals surface area contributed by atoms with Gasteiger partial charge in [-0.3, -0.25) is 4.98 Å². The molecule has 5 aromatic rings. The normalized spacial score (nSPS) is 16.8. The molecule has 1 saturated carbocycles. The van der Waals surface area contributed by atoms with E-state index in [1.54, 1.807) is 6.20 Å². The van der Waals surface area contributed by atoms with E-state index in [4.69, 9.17) is 7.16 Å². The molecule has 0 unspecified atom stereocenters. The molecule has 30 heavy (non-hydrogen) atoms. The van der Waals surface area contributed by atoms with Crippen molar-refractivity contribution in [2.45, 2.75) is 38.5 Å². The van der Waals surface area contributed by atoms with Crippen LogP contribution in [0.15, 0.2) is 77.3 Å². The average molecular weight is 394 g/mol. The summed E-state index contributed by atoms with van der Waals surface area (Å²) < 4.78 is 24.2. The summed E-state index contributed by atoms with van der Waals surface area (Å²) in [5, 5.41) is 4.41. The Kier molecular flexibility index (Phi) is 3.81. The summed E-state index contributed by atoms with van der Waals surface area (Å²) in [5.74, 6) is 0.0693. The van der Waals surface area contributed by atoms with E-state index in [1.807, 2.05) is 36.4 Å². The highest BCUT2D eigenvalue weighted by Gasteiger charge is 2.17. The van der Waals surface area contributed by atoms with Gasteiger partial charge in [0.15, 0.2) is 0 Å². The number of aromatic nitrogens is 1. The van der Waals surface area contributed by atoms with E-state index in [9.17, 15) is 0 Å². The van der Waals surface area contributed by atoms with Crippen LogP contribution in [-0.2, 0) is 6.37 Å². The number of nitrogens with zero attached hydrogens (tertiary/aromatic N) is 1. The molecule has 1 aliphatic rings. The molecule has 0 bridgehead atoms. The van der Waals surface area contributed by atoms with Crippen molar-refractivity contribution in [3.05, 3.63) is 78.5 Å². The van der Waals surface area contributed by atoms with Crippen molar-refractivity contribution in [3.8, 4) is 11.3 Å². The van der Waals surface area contributed by atoms with Crippen LogP contribution in [0, 0.1) is 5.92 Å². The van der Waals surface area contributed by atoms with E-state index in [0.29, 0.717) is 5.56 Å². The molecule has 3 aromatic carbocycles. The topological polar surface area (TPSA) is 26.0 Å². The Labute approximate surface area is 179 Å². The Balaban J connectivity index is 1.51. The molecule has 0 N–H and O–H groups in total. The van der Waals surface area contributed by atoms with Gasteiger partial charge in [-0.2, -0.15) is 0 Å². The summed E-state index contributed by atoms with van der Waals surface area (Å²) in [6, 6.07) is 22.4. The number of furan rings is 1. The standard InChI is InChI=1S/C28H25NO/c1-2-7-19(8-3-1)17-20-15-16-29-26(18-20)25-12-6-11-23-24-14-13-21-9-4-5-10-22(21)27(24)30-28(23)25/h4-6,9-16,18-19H,1-3,7-8,17H2/i17D2. The van der Waals surface area contributed by atoms with Gasteiger partial charge in [0.2, 0.25) is 0 Å². The predicted octanol–water partition coefficient (Wildman–Crippen LogP) is 7.92. The van der Waals surface area contributed by atoms with Crippen LogP contribution in [0.5, 0.6) is 0 Å². The van der Waals surface area contributed by atoms with Gasteiger partial charge in [-0.25, -0.2) is 0 Å². The minimum Gasteiger partial charge on any atom is -0.455 e. The van der Waals surface area contributed by atoms with Gasteiger partial charge < -0.3 is 4.42 Å². The molecular formula is C28H25NO. The van der Waals surface area contributed by atoms with Crippen LogP contribution in [0.1, 0.15) is 40.4 Å². The lowest BCUT2D eigenvalue weighted by Gasteiger charge is -2.21. The molecule has 0 spiro atoms. The van der Waals surface area contributed by atoms with Crippen molar-refractivity contribution in [3.63, 3.8) is 0 Å². The van der Waals surface area contributed by atoms with Crippen molar-refractivity contribution in [2.24, 2.45) is 5.92 Å². The van der Waals surface area contributed by atoms with Crippen LogP contribution in [0.25, 0.3) is 44.0 Å². The van der Waals surface area contributed by atoms with Crippen molar-refractivity contribution >= 4 is 32.7 Å². The molecular weight excluding hydrogens is 366 g/mol. The van der Waals surface area contributed by atoms with Gasteiger partial charge in [0.25, 0.3) is 0 Å². The second-order valence-electron chi connectivity index (χ2n) is 8.36. The third kappa shape index (κ3) is 2.99. The number of hydrogen-bond acceptors (Lipinski definition) is 2. The molecule has 0 atom stereocenters. The van der Waals surface area contributed by atoms with Crippen molar-refractivity contribution in [2.75, 3.05) is 0 Å². The molecule has 0 radical (unpaired) electrons. The van der Waals surface area contributed by atoms with E-state index in [1.165, 1.54) is 6.42 Å². The molecule has 0 amide bonds. The number of para-hydroxylation sites is 1. The van der Waals surface area contributed by atoms with Gasteiger partial charge in [-0.1, -0.05) is 74.6 Å². The van der Waals surface area contributed by atoms with Gasteiger partial charge >= 0.3 is 0 Å². The molecule has 1 aliphatic carbocycles. The smallest absolute Gasteiger partial charge is 0.144 e. The minimum absolute atomic E-state index is 0.0693. The highest BCUT2D eigenvalue weighted by Crippen LogP contribution is 2.38. The molecule has 2 aromatic heterocycles. The van der Waals surface area contributed by atoms with Gasteiger partial charge in [-0.05, 0) is 47.5 Å². The molecule has 2 nitrogen and oxygen atoms in total. The van der Waals surface area contributed by atoms with Gasteiger partial charge in [-0.15, -0.1) is 0 Å². The highest BCUT2D eigenvalue weighted by atomic mass is 16.3. The highest BCUT2D eigenvalue weighted by molar-refractivity contribution is 6.17. The van der Waals surface area contributed by atoms with Gasteiger partial charge in [0, 0.05) is 30.7 Å². The third-order valence-corrected chi connectivity index (χ3v) is 6.40. The fourth-order valence-electron chi connectivity index (χ4n) is 4.88. The van der Waals surface area contributed by atoms with Crippen LogP contribution in [0.4, 0.5) is 0 Å². The molecule has 0 aliphatic heterocycles. The van der Waals surface area contributed by atoms with Crippen LogP contribution in [0.2, 0.25) is 0 Å². The van der Waals surface area contributed by atoms with E-state index in [-0.39, 0.29) is 5.92 Å². The van der Waals surface area contributed by atoms with E-state index in [0.717, 1.165) is 69.7 Å². The second kappa shape index (κ2) is 7.28. The maximum absolute atomic E-state index is 8.88. The fourth-order valence-corrected chi connectivity index (χ4v) is 4.88. The maximum atomic E-state index is 8.88. The first-order chi connectivity index (χ1) is 15.6. The zero-order valence-electron chi connectivity index (χ0n) is 18.9. The lowest BCUT2D eigenvalue weighted by molar-refractivity contribution is 0.356. The Hall–Kier alpha value is -3.13. The van der Waals surface area contributed by atoms with E-state index >= 15 is 0 Å². The van der Waals surface area contributed by atoms with Crippen molar-refractivity contribution < 1.29 is 7.16 Å². The molecule has 148 valence electrons. The summed E-state index contributed by atoms with van der Waals surface area (Å²) >= 11 is 0. The first-order valence-electron chi connectivity index (χ1n) is 11.9. The Morgan fingerprint density at radius 2 is 1.67 bits per heavy atom. The molecule has 6 rings (SSSR count). The van der Waals surface area contributed by atoms with E-state index in [2.05, 4.69) is 35.3 Å². The Morgan fingerprint density at radius 3 is 2.60 bits per heavy atom. The lowest BCUT2D eigenvalue weighted by Crippen LogP contribution is -2.09. The lowest BCUT2D eigenvalue weighted by atomic mass is 9.85. The van der Waals surface area contributed by atoms with Crippen LogP contribution in [0.3, 0.4) is 0 Å². The van der Waals surface area contributed by atoms with Crippen LogP contribution >= 0.6 is 0 Å². The quantitative estimate of drug-likeness (QED) is 0.311. The van der Waals surface area contributed by atoms with Crippen LogP contribution < -0.4 is 0 Å². The Morgan fingerprint density at radius 1 is 0.833 bits per heavy atom. The average Bonchev–Trinajstić information content (AvgIpc) is 3.24. The molecule has 1 fully saturated rings. The van der Waals surface area contributed by atoms with E-state index < -0.39 is 6.37 Å². The molecule has 2 heteroatoms. The number of fused-ring (bicyclic) bond motifs is 5. The number of hydrogen-bond donors (Lipinski definition) is 0. The largest absolute Gasteiger partial charge is 0.455 e. The van der Waals surface area contributed by atoms with Crippen LogP contribution in [-0.4, -0.2) is 4.98 Å². The SMILES string of the molecule is [2H]C([2H])(c1ccnc(-c2cccc3c2oc2c4ccccc4ccc32)c1)C1CCCCC1. The van der Waals surface area contributed by atoms with Gasteiger partial charge in [0.1, 0.15) is 11.2 Å². The third-order valence-electron chi connectivity index (χ3n) is 6.40. The number of rotatable bonds is 3. The Bertz CT molecular complexity index is 1450.